The van der Waals surface area contributed by atoms with Crippen molar-refractivity contribution in [1.82, 2.24) is 4.90 Å². The summed E-state index contributed by atoms with van der Waals surface area (Å²) in [5.41, 5.74) is 3.39. The summed E-state index contributed by atoms with van der Waals surface area (Å²) < 4.78 is 11.6. The minimum atomic E-state index is -0.0587. The zero-order valence-electron chi connectivity index (χ0n) is 17.9. The summed E-state index contributed by atoms with van der Waals surface area (Å²) in [5.74, 6) is 1.57. The van der Waals surface area contributed by atoms with Gasteiger partial charge in [0.1, 0.15) is 12.0 Å². The summed E-state index contributed by atoms with van der Waals surface area (Å²) in [5, 5.41) is -0.0900. The lowest BCUT2D eigenvalue weighted by molar-refractivity contribution is -0.129. The summed E-state index contributed by atoms with van der Waals surface area (Å²) >= 11 is 1.69. The number of hydrogen-bond donors (Lipinski definition) is 0. The molecule has 1 fully saturated rings. The number of carbonyl (C=O) groups excluding carboxylic acids is 1. The molecule has 1 heterocycles. The Hall–Kier alpha value is -2.92. The van der Waals surface area contributed by atoms with E-state index < -0.39 is 0 Å². The van der Waals surface area contributed by atoms with Crippen LogP contribution in [0.2, 0.25) is 0 Å². The van der Waals surface area contributed by atoms with Gasteiger partial charge in [0.25, 0.3) is 0 Å². The van der Waals surface area contributed by atoms with Crippen molar-refractivity contribution in [3.8, 4) is 11.5 Å². The van der Waals surface area contributed by atoms with Crippen LogP contribution < -0.4 is 9.47 Å². The second kappa shape index (κ2) is 9.92. The van der Waals surface area contributed by atoms with Crippen LogP contribution in [0.3, 0.4) is 0 Å². The van der Waals surface area contributed by atoms with E-state index in [1.807, 2.05) is 78.6 Å². The van der Waals surface area contributed by atoms with Crippen LogP contribution in [0, 0.1) is 0 Å². The van der Waals surface area contributed by atoms with Gasteiger partial charge in [0.15, 0.2) is 11.5 Å². The highest BCUT2D eigenvalue weighted by Crippen LogP contribution is 2.45. The first kappa shape index (κ1) is 21.3. The van der Waals surface area contributed by atoms with E-state index in [-0.39, 0.29) is 16.5 Å². The third-order valence-corrected chi connectivity index (χ3v) is 6.84. The summed E-state index contributed by atoms with van der Waals surface area (Å²) in [6, 6.07) is 26.3. The van der Waals surface area contributed by atoms with Gasteiger partial charge in [0.05, 0.1) is 12.4 Å². The molecule has 1 saturated heterocycles. The smallest absolute Gasteiger partial charge is 0.236 e. The second-order valence-electron chi connectivity index (χ2n) is 7.58. The monoisotopic (exact) mass is 433 g/mol. The van der Waals surface area contributed by atoms with Gasteiger partial charge in [-0.05, 0) is 42.2 Å². The Morgan fingerprint density at radius 3 is 2.26 bits per heavy atom. The van der Waals surface area contributed by atoms with Crippen molar-refractivity contribution in [3.63, 3.8) is 0 Å². The zero-order chi connectivity index (χ0) is 21.6. The summed E-state index contributed by atoms with van der Waals surface area (Å²) in [4.78, 5) is 14.9. The van der Waals surface area contributed by atoms with E-state index >= 15 is 0 Å². The highest BCUT2D eigenvalue weighted by atomic mass is 32.2. The molecule has 3 aromatic carbocycles. The lowest BCUT2D eigenvalue weighted by atomic mass is 10.1. The van der Waals surface area contributed by atoms with E-state index in [1.165, 1.54) is 5.56 Å². The maximum atomic E-state index is 12.9. The Labute approximate surface area is 188 Å². The number of amides is 1. The molecule has 5 heteroatoms. The molecule has 160 valence electrons. The molecule has 0 aromatic heterocycles. The van der Waals surface area contributed by atoms with E-state index in [4.69, 9.17) is 9.47 Å². The average molecular weight is 434 g/mol. The number of rotatable bonds is 8. The maximum Gasteiger partial charge on any atom is 0.236 e. The predicted octanol–water partition coefficient (Wildman–Crippen LogP) is 5.48. The first-order chi connectivity index (χ1) is 15.2. The lowest BCUT2D eigenvalue weighted by Crippen LogP contribution is -2.32. The zero-order valence-corrected chi connectivity index (χ0v) is 18.7. The fourth-order valence-corrected chi connectivity index (χ4v) is 5.05. The molecule has 1 aliphatic rings. The predicted molar refractivity (Wildman–Crippen MR) is 125 cm³/mol. The Morgan fingerprint density at radius 2 is 1.58 bits per heavy atom. The average Bonchev–Trinajstić information content (AvgIpc) is 3.11. The Kier molecular flexibility index (Phi) is 6.82. The fourth-order valence-electron chi connectivity index (χ4n) is 3.75. The van der Waals surface area contributed by atoms with Crippen LogP contribution >= 0.6 is 11.8 Å². The van der Waals surface area contributed by atoms with Crippen molar-refractivity contribution in [2.75, 3.05) is 13.7 Å². The summed E-state index contributed by atoms with van der Waals surface area (Å²) in [6.45, 7) is 3.14. The molecule has 0 saturated carbocycles. The normalized spacial score (nSPS) is 18.3. The van der Waals surface area contributed by atoms with Gasteiger partial charge in [-0.3, -0.25) is 4.79 Å². The third kappa shape index (κ3) is 5.05. The number of ether oxygens (including phenoxy) is 2. The summed E-state index contributed by atoms with van der Waals surface area (Å²) in [7, 11) is 1.65. The second-order valence-corrected chi connectivity index (χ2v) is 9.01. The molecule has 3 aromatic rings. The molecule has 4 rings (SSSR count). The van der Waals surface area contributed by atoms with Crippen molar-refractivity contribution < 1.29 is 14.3 Å². The Bertz CT molecular complexity index is 1010. The maximum absolute atomic E-state index is 12.9. The molecule has 4 nitrogen and oxygen atoms in total. The van der Waals surface area contributed by atoms with Gasteiger partial charge in [-0.1, -0.05) is 66.7 Å². The fraction of sp³-hybridized carbons (Fsp3) is 0.269. The number of thioether (sulfide) groups is 1. The highest BCUT2D eigenvalue weighted by Gasteiger charge is 2.38. The quantitative estimate of drug-likeness (QED) is 0.472. The van der Waals surface area contributed by atoms with Crippen LogP contribution in [0.4, 0.5) is 0 Å². The number of methoxy groups -OCH3 is 1. The largest absolute Gasteiger partial charge is 0.493 e. The minimum Gasteiger partial charge on any atom is -0.493 e. The van der Waals surface area contributed by atoms with Gasteiger partial charge < -0.3 is 14.4 Å². The van der Waals surface area contributed by atoms with Gasteiger partial charge in [-0.15, -0.1) is 11.8 Å². The number of benzene rings is 3. The van der Waals surface area contributed by atoms with Crippen LogP contribution in [-0.2, 0) is 17.8 Å². The van der Waals surface area contributed by atoms with Crippen molar-refractivity contribution in [2.45, 2.75) is 30.6 Å². The van der Waals surface area contributed by atoms with E-state index in [0.29, 0.717) is 24.7 Å². The van der Waals surface area contributed by atoms with Crippen LogP contribution in [0.5, 0.6) is 11.5 Å². The Morgan fingerprint density at radius 1 is 0.903 bits per heavy atom. The van der Waals surface area contributed by atoms with Crippen molar-refractivity contribution >= 4 is 17.7 Å². The molecule has 1 amide bonds. The van der Waals surface area contributed by atoms with Gasteiger partial charge in [0, 0.05) is 6.54 Å². The third-order valence-electron chi connectivity index (χ3n) is 5.44. The van der Waals surface area contributed by atoms with Gasteiger partial charge in [0.2, 0.25) is 5.91 Å². The van der Waals surface area contributed by atoms with E-state index in [1.54, 1.807) is 18.9 Å². The van der Waals surface area contributed by atoms with Crippen LogP contribution in [0.25, 0.3) is 0 Å². The highest BCUT2D eigenvalue weighted by molar-refractivity contribution is 8.01. The number of hydrogen-bond acceptors (Lipinski definition) is 4. The standard InChI is InChI=1S/C26H27NO3S/c1-19-25(28)27(16-15-20-9-5-3-6-10-20)26(31-19)22-13-14-23(29-2)24(17-22)30-18-21-11-7-4-8-12-21/h3-14,17,19,26H,15-16,18H2,1-2H3. The topological polar surface area (TPSA) is 38.8 Å². The minimum absolute atomic E-state index is 0.0313. The first-order valence-corrected chi connectivity index (χ1v) is 11.4. The number of carbonyl (C=O) groups is 1. The molecule has 0 spiro atoms. The molecule has 2 unspecified atom stereocenters. The molecule has 1 aliphatic heterocycles. The molecule has 0 radical (unpaired) electrons. The lowest BCUT2D eigenvalue weighted by Gasteiger charge is -2.25. The molecule has 0 bridgehead atoms. The first-order valence-electron chi connectivity index (χ1n) is 10.5. The SMILES string of the molecule is COc1ccc(C2SC(C)C(=O)N2CCc2ccccc2)cc1OCc1ccccc1. The molecular formula is C26H27NO3S. The van der Waals surface area contributed by atoms with Gasteiger partial charge in [-0.2, -0.15) is 0 Å². The molecule has 0 N–H and O–H groups in total. The Balaban J connectivity index is 1.53. The van der Waals surface area contributed by atoms with Crippen molar-refractivity contribution in [2.24, 2.45) is 0 Å². The summed E-state index contributed by atoms with van der Waals surface area (Å²) in [6.07, 6.45) is 0.837. The van der Waals surface area contributed by atoms with Crippen LogP contribution in [0.15, 0.2) is 78.9 Å². The molecular weight excluding hydrogens is 406 g/mol. The van der Waals surface area contributed by atoms with E-state index in [9.17, 15) is 4.79 Å². The molecule has 31 heavy (non-hydrogen) atoms. The van der Waals surface area contributed by atoms with Gasteiger partial charge >= 0.3 is 0 Å². The van der Waals surface area contributed by atoms with Crippen LogP contribution in [-0.4, -0.2) is 29.7 Å². The van der Waals surface area contributed by atoms with Crippen molar-refractivity contribution in [1.29, 1.82) is 0 Å². The van der Waals surface area contributed by atoms with Crippen molar-refractivity contribution in [3.05, 3.63) is 95.6 Å². The van der Waals surface area contributed by atoms with Gasteiger partial charge in [-0.25, -0.2) is 0 Å². The van der Waals surface area contributed by atoms with E-state index in [2.05, 4.69) is 12.1 Å². The van der Waals surface area contributed by atoms with E-state index in [0.717, 1.165) is 17.5 Å². The molecule has 2 atom stereocenters. The number of nitrogens with zero attached hydrogens (tertiary/aromatic N) is 1. The molecule has 0 aliphatic carbocycles. The van der Waals surface area contributed by atoms with Crippen LogP contribution in [0.1, 0.15) is 29.0 Å².